The molecule has 5 rings (SSSR count). The van der Waals surface area contributed by atoms with E-state index in [2.05, 4.69) is 30.7 Å². The van der Waals surface area contributed by atoms with Crippen LogP contribution in [0.25, 0.3) is 0 Å². The lowest BCUT2D eigenvalue weighted by Crippen LogP contribution is -2.55. The van der Waals surface area contributed by atoms with Gasteiger partial charge in [-0.3, -0.25) is 19.9 Å². The third-order valence-electron chi connectivity index (χ3n) is 9.40. The molecule has 160 valence electrons. The van der Waals surface area contributed by atoms with Crippen LogP contribution in [-0.4, -0.2) is 30.8 Å². The number of piperidine rings is 1. The fourth-order valence-electron chi connectivity index (χ4n) is 7.60. The van der Waals surface area contributed by atoms with E-state index >= 15 is 0 Å². The minimum Gasteiger partial charge on any atom is -0.314 e. The average Bonchev–Trinajstić information content (AvgIpc) is 3.03. The molecule has 0 aromatic rings. The van der Waals surface area contributed by atoms with E-state index < -0.39 is 0 Å². The van der Waals surface area contributed by atoms with Crippen molar-refractivity contribution in [1.82, 2.24) is 10.8 Å². The number of carbonyl (C=O) groups is 2. The van der Waals surface area contributed by atoms with Gasteiger partial charge in [-0.2, -0.15) is 0 Å². The maximum absolute atomic E-state index is 13.3. The third-order valence-corrected chi connectivity index (χ3v) is 9.40. The molecule has 3 saturated carbocycles. The molecule has 0 aromatic carbocycles. The number of hydrogen-bond acceptors (Lipinski definition) is 5. The van der Waals surface area contributed by atoms with Gasteiger partial charge in [0, 0.05) is 36.4 Å². The Hall–Kier alpha value is -1.20. The summed E-state index contributed by atoms with van der Waals surface area (Å²) in [7, 11) is 0. The third kappa shape index (κ3) is 3.11. The van der Waals surface area contributed by atoms with Crippen LogP contribution >= 0.6 is 0 Å². The summed E-state index contributed by atoms with van der Waals surface area (Å²) in [4.78, 5) is 31.8. The van der Waals surface area contributed by atoms with Crippen molar-refractivity contribution in [2.24, 2.45) is 34.5 Å². The molecule has 4 fully saturated rings. The van der Waals surface area contributed by atoms with Crippen LogP contribution in [0.1, 0.15) is 71.6 Å². The standard InChI is InChI=1S/C24H36N2O3/c1-23-9-7-15(26-29-16-4-3-11-25-14-16)12-20(23)21(27)13-17-18-5-6-22(28)24(18,2)10-8-19(17)23/h12,16-20,25-26H,3-11,13-14H2,1-2H3/t16-,17+,18+,19+,20-,23-,24+/m1/s1. The first kappa shape index (κ1) is 19.7. The second kappa shape index (κ2) is 7.19. The molecule has 5 heteroatoms. The summed E-state index contributed by atoms with van der Waals surface area (Å²) in [6, 6.07) is 0. The first-order valence-corrected chi connectivity index (χ1v) is 11.8. The van der Waals surface area contributed by atoms with E-state index in [1.807, 2.05) is 0 Å². The van der Waals surface area contributed by atoms with Crippen molar-refractivity contribution in [3.63, 3.8) is 0 Å². The lowest BCUT2D eigenvalue weighted by Gasteiger charge is -2.58. The quantitative estimate of drug-likeness (QED) is 0.709. The van der Waals surface area contributed by atoms with Crippen LogP contribution in [0.2, 0.25) is 0 Å². The highest BCUT2D eigenvalue weighted by molar-refractivity contribution is 5.88. The average molecular weight is 401 g/mol. The van der Waals surface area contributed by atoms with Crippen LogP contribution in [-0.2, 0) is 14.4 Å². The predicted octanol–water partition coefficient (Wildman–Crippen LogP) is 3.54. The molecule has 1 saturated heterocycles. The summed E-state index contributed by atoms with van der Waals surface area (Å²) in [6.07, 6.45) is 11.1. The van der Waals surface area contributed by atoms with Crippen molar-refractivity contribution in [2.75, 3.05) is 13.1 Å². The summed E-state index contributed by atoms with van der Waals surface area (Å²) >= 11 is 0. The van der Waals surface area contributed by atoms with Crippen molar-refractivity contribution in [1.29, 1.82) is 0 Å². The summed E-state index contributed by atoms with van der Waals surface area (Å²) in [6.45, 7) is 6.50. The normalized spacial score (nSPS) is 47.1. The van der Waals surface area contributed by atoms with Gasteiger partial charge in [-0.05, 0) is 74.7 Å². The van der Waals surface area contributed by atoms with Gasteiger partial charge in [0.05, 0.1) is 6.10 Å². The number of hydrogen-bond donors (Lipinski definition) is 2. The molecule has 0 aromatic heterocycles. The summed E-state index contributed by atoms with van der Waals surface area (Å²) in [5.74, 6) is 2.22. The van der Waals surface area contributed by atoms with Gasteiger partial charge in [0.1, 0.15) is 11.6 Å². The van der Waals surface area contributed by atoms with Crippen LogP contribution < -0.4 is 10.8 Å². The Bertz CT molecular complexity index is 728. The van der Waals surface area contributed by atoms with Gasteiger partial charge >= 0.3 is 0 Å². The van der Waals surface area contributed by atoms with Gasteiger partial charge < -0.3 is 5.32 Å². The smallest absolute Gasteiger partial charge is 0.140 e. The van der Waals surface area contributed by atoms with Crippen molar-refractivity contribution < 1.29 is 14.4 Å². The lowest BCUT2D eigenvalue weighted by molar-refractivity contribution is -0.149. The van der Waals surface area contributed by atoms with Gasteiger partial charge in [0.25, 0.3) is 0 Å². The molecule has 0 bridgehead atoms. The summed E-state index contributed by atoms with van der Waals surface area (Å²) in [5.41, 5.74) is 4.16. The number of rotatable bonds is 3. The second-order valence-electron chi connectivity index (χ2n) is 10.8. The van der Waals surface area contributed by atoms with Crippen LogP contribution in [0.15, 0.2) is 11.8 Å². The zero-order valence-electron chi connectivity index (χ0n) is 18.0. The molecule has 4 aliphatic carbocycles. The Morgan fingerprint density at radius 1 is 1.10 bits per heavy atom. The van der Waals surface area contributed by atoms with Crippen LogP contribution in [0.4, 0.5) is 0 Å². The molecule has 5 nitrogen and oxygen atoms in total. The lowest BCUT2D eigenvalue weighted by atomic mass is 9.46. The SMILES string of the molecule is C[C@]12CCC(NO[C@@H]3CCCNC3)=C[C@@H]1C(=O)C[C@@H]1[C@@H]2CC[C@]2(C)C(=O)CC[C@@H]12. The van der Waals surface area contributed by atoms with E-state index in [0.717, 1.165) is 70.2 Å². The topological polar surface area (TPSA) is 67.4 Å². The highest BCUT2D eigenvalue weighted by Gasteiger charge is 2.61. The minimum atomic E-state index is -0.163. The zero-order valence-corrected chi connectivity index (χ0v) is 18.0. The van der Waals surface area contributed by atoms with E-state index in [0.29, 0.717) is 35.7 Å². The summed E-state index contributed by atoms with van der Waals surface area (Å²) < 4.78 is 0. The van der Waals surface area contributed by atoms with Crippen LogP contribution in [0.5, 0.6) is 0 Å². The number of allylic oxidation sites excluding steroid dienone is 2. The fraction of sp³-hybridized carbons (Fsp3) is 0.833. The van der Waals surface area contributed by atoms with Gasteiger partial charge in [-0.25, -0.2) is 0 Å². The Morgan fingerprint density at radius 2 is 1.97 bits per heavy atom. The molecule has 1 heterocycles. The predicted molar refractivity (Wildman–Crippen MR) is 111 cm³/mol. The number of ketones is 2. The number of nitrogens with one attached hydrogen (secondary N) is 2. The van der Waals surface area contributed by atoms with E-state index in [4.69, 9.17) is 4.84 Å². The first-order chi connectivity index (χ1) is 13.9. The van der Waals surface area contributed by atoms with E-state index in [1.54, 1.807) is 0 Å². The molecule has 5 aliphatic rings. The number of carbonyl (C=O) groups excluding carboxylic acids is 2. The Labute approximate surface area is 174 Å². The van der Waals surface area contributed by atoms with Crippen molar-refractivity contribution in [3.05, 3.63) is 11.8 Å². The molecule has 7 atom stereocenters. The van der Waals surface area contributed by atoms with Gasteiger partial charge in [-0.15, -0.1) is 0 Å². The molecule has 0 amide bonds. The largest absolute Gasteiger partial charge is 0.314 e. The van der Waals surface area contributed by atoms with Gasteiger partial charge in [-0.1, -0.05) is 19.9 Å². The zero-order chi connectivity index (χ0) is 20.2. The molecule has 0 spiro atoms. The fourth-order valence-corrected chi connectivity index (χ4v) is 7.60. The molecule has 1 aliphatic heterocycles. The van der Waals surface area contributed by atoms with Gasteiger partial charge in [0.2, 0.25) is 0 Å². The number of Topliss-reactive ketones (excluding diaryl/α,β-unsaturated/α-hetero) is 2. The highest BCUT2D eigenvalue weighted by Crippen LogP contribution is 2.64. The molecule has 0 unspecified atom stereocenters. The molecular formula is C24H36N2O3. The Balaban J connectivity index is 1.33. The number of fused-ring (bicyclic) bond motifs is 5. The van der Waals surface area contributed by atoms with E-state index in [1.165, 1.54) is 0 Å². The maximum Gasteiger partial charge on any atom is 0.140 e. The van der Waals surface area contributed by atoms with E-state index in [-0.39, 0.29) is 22.9 Å². The number of hydroxylamine groups is 1. The molecule has 29 heavy (non-hydrogen) atoms. The minimum absolute atomic E-state index is 0.00505. The van der Waals surface area contributed by atoms with Crippen molar-refractivity contribution in [2.45, 2.75) is 77.7 Å². The van der Waals surface area contributed by atoms with Crippen molar-refractivity contribution in [3.8, 4) is 0 Å². The highest BCUT2D eigenvalue weighted by atomic mass is 16.7. The Morgan fingerprint density at radius 3 is 2.76 bits per heavy atom. The molecule has 2 N–H and O–H groups in total. The molecular weight excluding hydrogens is 364 g/mol. The Kier molecular flexibility index (Phi) is 4.90. The first-order valence-electron chi connectivity index (χ1n) is 11.8. The van der Waals surface area contributed by atoms with Gasteiger partial charge in [0.15, 0.2) is 0 Å². The monoisotopic (exact) mass is 400 g/mol. The van der Waals surface area contributed by atoms with Crippen LogP contribution in [0.3, 0.4) is 0 Å². The van der Waals surface area contributed by atoms with Crippen LogP contribution in [0, 0.1) is 34.5 Å². The molecule has 0 radical (unpaired) electrons. The van der Waals surface area contributed by atoms with E-state index in [9.17, 15) is 9.59 Å². The maximum atomic E-state index is 13.3. The summed E-state index contributed by atoms with van der Waals surface area (Å²) in [5, 5.41) is 3.37. The second-order valence-corrected chi connectivity index (χ2v) is 10.8. The van der Waals surface area contributed by atoms with Crippen molar-refractivity contribution >= 4 is 11.6 Å².